The molecule has 0 heterocycles. The van der Waals surface area contributed by atoms with Gasteiger partial charge >= 0.3 is 24.4 Å². The molecule has 2 atom stereocenters. The highest BCUT2D eigenvalue weighted by molar-refractivity contribution is 5.81. The number of carbonyl (C=O) groups excluding carboxylic acids is 4. The molecule has 0 aliphatic rings. The fourth-order valence-electron chi connectivity index (χ4n) is 2.61. The molecule has 1 aromatic carbocycles. The molecule has 0 saturated heterocycles. The number of nitrogens with two attached hydrogens (primary N) is 1. The summed E-state index contributed by atoms with van der Waals surface area (Å²) in [5.74, 6) is -0.876. The zero-order valence-electron chi connectivity index (χ0n) is 19.9. The Morgan fingerprint density at radius 1 is 0.912 bits per heavy atom. The molecule has 34 heavy (non-hydrogen) atoms. The second kappa shape index (κ2) is 13.9. The van der Waals surface area contributed by atoms with Crippen molar-refractivity contribution in [1.29, 1.82) is 0 Å². The van der Waals surface area contributed by atoms with E-state index < -0.39 is 30.0 Å². The van der Waals surface area contributed by atoms with Gasteiger partial charge in [0.1, 0.15) is 5.54 Å². The lowest BCUT2D eigenvalue weighted by atomic mass is 9.88. The maximum absolute atomic E-state index is 12.4. The van der Waals surface area contributed by atoms with Gasteiger partial charge in [-0.15, -0.1) is 0 Å². The summed E-state index contributed by atoms with van der Waals surface area (Å²) < 4.78 is 33.7. The summed E-state index contributed by atoms with van der Waals surface area (Å²) in [4.78, 5) is 47.2. The Hall–Kier alpha value is -3.54. The Kier molecular flexibility index (Phi) is 11.6. The van der Waals surface area contributed by atoms with Crippen LogP contribution in [0.1, 0.15) is 32.3 Å². The second-order valence-electron chi connectivity index (χ2n) is 7.39. The van der Waals surface area contributed by atoms with Crippen molar-refractivity contribution in [3.05, 3.63) is 23.8 Å². The lowest BCUT2D eigenvalue weighted by Crippen LogP contribution is -2.51. The van der Waals surface area contributed by atoms with Crippen LogP contribution in [0.25, 0.3) is 0 Å². The first-order valence-corrected chi connectivity index (χ1v) is 10.4. The number of ether oxygens (including phenoxy) is 7. The van der Waals surface area contributed by atoms with E-state index in [4.69, 9.17) is 29.4 Å². The third-order valence-corrected chi connectivity index (χ3v) is 4.79. The zero-order valence-corrected chi connectivity index (χ0v) is 19.9. The molecule has 1 rings (SSSR count). The number of esters is 1. The van der Waals surface area contributed by atoms with E-state index in [1.807, 2.05) is 13.8 Å². The number of methoxy groups -OCH3 is 3. The van der Waals surface area contributed by atoms with Crippen LogP contribution in [0.2, 0.25) is 0 Å². The van der Waals surface area contributed by atoms with Crippen LogP contribution in [0.4, 0.5) is 14.4 Å². The first-order valence-electron chi connectivity index (χ1n) is 10.4. The van der Waals surface area contributed by atoms with Crippen LogP contribution in [0, 0.1) is 5.92 Å². The fourth-order valence-corrected chi connectivity index (χ4v) is 2.61. The van der Waals surface area contributed by atoms with Crippen molar-refractivity contribution in [2.75, 3.05) is 34.5 Å². The molecule has 2 N–H and O–H groups in total. The van der Waals surface area contributed by atoms with Gasteiger partial charge < -0.3 is 38.9 Å². The van der Waals surface area contributed by atoms with Gasteiger partial charge in [0.2, 0.25) is 0 Å². The van der Waals surface area contributed by atoms with E-state index in [0.717, 1.165) is 20.6 Å². The summed E-state index contributed by atoms with van der Waals surface area (Å²) in [7, 11) is 3.38. The molecular formula is C22H31NO11. The molecule has 1 aromatic rings. The first kappa shape index (κ1) is 28.5. The highest BCUT2D eigenvalue weighted by Gasteiger charge is 2.36. The predicted octanol–water partition coefficient (Wildman–Crippen LogP) is 2.98. The smallest absolute Gasteiger partial charge is 0.468 e. The molecule has 0 amide bonds. The van der Waals surface area contributed by atoms with Crippen LogP contribution in [-0.4, -0.2) is 64.5 Å². The lowest BCUT2D eigenvalue weighted by molar-refractivity contribution is -0.147. The Labute approximate surface area is 197 Å². The molecule has 12 heteroatoms. The molecule has 1 unspecified atom stereocenters. The number of carbonyl (C=O) groups is 4. The number of rotatable bonds is 11. The van der Waals surface area contributed by atoms with Crippen LogP contribution in [0.3, 0.4) is 0 Å². The van der Waals surface area contributed by atoms with E-state index in [-0.39, 0.29) is 43.5 Å². The number of hydrogen-bond donors (Lipinski definition) is 1. The van der Waals surface area contributed by atoms with Gasteiger partial charge in [0.25, 0.3) is 0 Å². The maximum atomic E-state index is 12.4. The maximum Gasteiger partial charge on any atom is 0.513 e. The van der Waals surface area contributed by atoms with Crippen molar-refractivity contribution in [3.8, 4) is 11.5 Å². The van der Waals surface area contributed by atoms with Crippen molar-refractivity contribution in [2.24, 2.45) is 11.7 Å². The third kappa shape index (κ3) is 9.14. The standard InChI is InChI=1S/C22H31NO11/c1-6-14(2)13-32-21(27)31-10-9-22(23,18(24)28-3)12-15-7-8-16(33-19(25)29-4)17(11-15)34-20(26)30-5/h7-8,11,14H,6,9-10,12-13,23H2,1-5H3/t14-,22?/m0/s1. The molecule has 0 fully saturated rings. The molecule has 0 aliphatic carbocycles. The molecule has 0 spiro atoms. The van der Waals surface area contributed by atoms with E-state index in [1.165, 1.54) is 25.3 Å². The van der Waals surface area contributed by atoms with Gasteiger partial charge in [-0.1, -0.05) is 26.3 Å². The van der Waals surface area contributed by atoms with Gasteiger partial charge in [-0.05, 0) is 23.6 Å². The summed E-state index contributed by atoms with van der Waals surface area (Å²) in [5, 5.41) is 0. The molecule has 190 valence electrons. The van der Waals surface area contributed by atoms with Crippen molar-refractivity contribution < 1.29 is 52.3 Å². The number of benzene rings is 1. The van der Waals surface area contributed by atoms with Crippen molar-refractivity contribution >= 4 is 24.4 Å². The first-order chi connectivity index (χ1) is 16.1. The number of hydrogen-bond acceptors (Lipinski definition) is 12. The van der Waals surface area contributed by atoms with Crippen molar-refractivity contribution in [1.82, 2.24) is 0 Å². The summed E-state index contributed by atoms with van der Waals surface area (Å²) in [6, 6.07) is 4.15. The zero-order chi connectivity index (χ0) is 25.7. The molecule has 0 aliphatic heterocycles. The largest absolute Gasteiger partial charge is 0.513 e. The van der Waals surface area contributed by atoms with Crippen molar-refractivity contribution in [2.45, 2.75) is 38.6 Å². The molecule has 0 radical (unpaired) electrons. The van der Waals surface area contributed by atoms with Gasteiger partial charge in [0.05, 0.1) is 34.5 Å². The minimum Gasteiger partial charge on any atom is -0.468 e. The fraction of sp³-hybridized carbons (Fsp3) is 0.545. The topological polar surface area (TPSA) is 159 Å². The summed E-state index contributed by atoms with van der Waals surface area (Å²) in [6.07, 6.45) is -2.32. The van der Waals surface area contributed by atoms with Gasteiger partial charge in [0, 0.05) is 12.8 Å². The molecule has 12 nitrogen and oxygen atoms in total. The molecular weight excluding hydrogens is 454 g/mol. The Bertz CT molecular complexity index is 857. The average molecular weight is 485 g/mol. The Morgan fingerprint density at radius 2 is 1.53 bits per heavy atom. The summed E-state index contributed by atoms with van der Waals surface area (Å²) in [6.45, 7) is 3.90. The SMILES string of the molecule is CC[C@H](C)COC(=O)OCCC(N)(Cc1ccc(OC(=O)OC)c(OC(=O)OC)c1)C(=O)OC. The third-order valence-electron chi connectivity index (χ3n) is 4.79. The molecule has 0 aromatic heterocycles. The van der Waals surface area contributed by atoms with E-state index in [9.17, 15) is 19.2 Å². The summed E-state index contributed by atoms with van der Waals surface area (Å²) in [5.41, 5.74) is 5.11. The Morgan fingerprint density at radius 3 is 2.09 bits per heavy atom. The van der Waals surface area contributed by atoms with E-state index >= 15 is 0 Å². The van der Waals surface area contributed by atoms with Crippen LogP contribution in [0.5, 0.6) is 11.5 Å². The quantitative estimate of drug-likeness (QED) is 0.278. The van der Waals surface area contributed by atoms with Gasteiger partial charge in [-0.3, -0.25) is 4.79 Å². The predicted molar refractivity (Wildman–Crippen MR) is 117 cm³/mol. The summed E-state index contributed by atoms with van der Waals surface area (Å²) >= 11 is 0. The second-order valence-corrected chi connectivity index (χ2v) is 7.39. The van der Waals surface area contributed by atoms with Gasteiger partial charge in [-0.2, -0.15) is 0 Å². The van der Waals surface area contributed by atoms with Crippen LogP contribution in [0.15, 0.2) is 18.2 Å². The molecule has 0 bridgehead atoms. The van der Waals surface area contributed by atoms with Gasteiger partial charge in [0.15, 0.2) is 11.5 Å². The van der Waals surface area contributed by atoms with E-state index in [2.05, 4.69) is 9.47 Å². The minimum absolute atomic E-state index is 0.0916. The van der Waals surface area contributed by atoms with Crippen LogP contribution < -0.4 is 15.2 Å². The minimum atomic E-state index is -1.60. The van der Waals surface area contributed by atoms with E-state index in [1.54, 1.807) is 0 Å². The molecule has 0 saturated carbocycles. The van der Waals surface area contributed by atoms with Gasteiger partial charge in [-0.25, -0.2) is 14.4 Å². The van der Waals surface area contributed by atoms with Crippen molar-refractivity contribution in [3.63, 3.8) is 0 Å². The van der Waals surface area contributed by atoms with E-state index in [0.29, 0.717) is 5.56 Å². The average Bonchev–Trinajstić information content (AvgIpc) is 2.83. The van der Waals surface area contributed by atoms with Crippen LogP contribution in [-0.2, 0) is 34.9 Å². The Balaban J connectivity index is 2.99. The van der Waals surface area contributed by atoms with Crippen LogP contribution >= 0.6 is 0 Å². The normalized spacial score (nSPS) is 13.0. The monoisotopic (exact) mass is 485 g/mol. The lowest BCUT2D eigenvalue weighted by Gasteiger charge is -2.26. The highest BCUT2D eigenvalue weighted by Crippen LogP contribution is 2.31. The highest BCUT2D eigenvalue weighted by atomic mass is 16.7.